The van der Waals surface area contributed by atoms with Gasteiger partial charge in [0, 0.05) is 12.6 Å². The molecule has 0 saturated heterocycles. The van der Waals surface area contributed by atoms with Crippen molar-refractivity contribution in [3.05, 3.63) is 59.4 Å². The van der Waals surface area contributed by atoms with Crippen molar-refractivity contribution in [3.63, 3.8) is 0 Å². The number of rotatable bonds is 9. The van der Waals surface area contributed by atoms with Gasteiger partial charge in [-0.2, -0.15) is 8.78 Å². The number of halogens is 3. The van der Waals surface area contributed by atoms with Gasteiger partial charge in [0.1, 0.15) is 17.3 Å². The Morgan fingerprint density at radius 1 is 1.14 bits per heavy atom. The van der Waals surface area contributed by atoms with E-state index in [0.29, 0.717) is 17.4 Å². The van der Waals surface area contributed by atoms with Gasteiger partial charge in [0.05, 0.1) is 18.6 Å². The first-order valence-corrected chi connectivity index (χ1v) is 8.19. The van der Waals surface area contributed by atoms with Gasteiger partial charge in [-0.1, -0.05) is 18.2 Å². The summed E-state index contributed by atoms with van der Waals surface area (Å²) < 4.78 is 47.5. The van der Waals surface area contributed by atoms with E-state index in [-0.39, 0.29) is 18.5 Å². The van der Waals surface area contributed by atoms with Crippen LogP contribution in [0.2, 0.25) is 0 Å². The highest BCUT2D eigenvalue weighted by molar-refractivity contribution is 5.97. The molecule has 0 aliphatic heterocycles. The van der Waals surface area contributed by atoms with Crippen LogP contribution in [0.25, 0.3) is 0 Å². The highest BCUT2D eigenvalue weighted by atomic mass is 19.3. The Labute approximate surface area is 158 Å². The van der Waals surface area contributed by atoms with Crippen molar-refractivity contribution in [1.29, 1.82) is 0 Å². The summed E-state index contributed by atoms with van der Waals surface area (Å²) in [6.45, 7) is -3.52. The first-order chi connectivity index (χ1) is 13.3. The van der Waals surface area contributed by atoms with E-state index in [1.165, 1.54) is 7.11 Å². The van der Waals surface area contributed by atoms with Crippen molar-refractivity contribution in [3.8, 4) is 11.5 Å². The molecule has 2 aromatic rings. The highest BCUT2D eigenvalue weighted by Crippen LogP contribution is 2.23. The lowest BCUT2D eigenvalue weighted by molar-refractivity contribution is -0.141. The van der Waals surface area contributed by atoms with Gasteiger partial charge in [-0.25, -0.2) is 4.39 Å². The van der Waals surface area contributed by atoms with Gasteiger partial charge in [-0.3, -0.25) is 9.59 Å². The minimum Gasteiger partial charge on any atom is -0.496 e. The van der Waals surface area contributed by atoms with Crippen LogP contribution in [0.4, 0.5) is 13.2 Å². The van der Waals surface area contributed by atoms with Crippen molar-refractivity contribution >= 4 is 11.9 Å². The Hall–Kier alpha value is -3.23. The number of hydrogen-bond acceptors (Lipinski definition) is 4. The number of ether oxygens (including phenoxy) is 2. The Balaban J connectivity index is 2.12. The van der Waals surface area contributed by atoms with Gasteiger partial charge in [-0.15, -0.1) is 0 Å². The smallest absolute Gasteiger partial charge is 0.387 e. The summed E-state index contributed by atoms with van der Waals surface area (Å²) >= 11 is 0. The summed E-state index contributed by atoms with van der Waals surface area (Å²) in [7, 11) is 1.45. The average Bonchev–Trinajstić information content (AvgIpc) is 2.64. The number of hydrogen-bond donors (Lipinski definition) is 2. The van der Waals surface area contributed by atoms with E-state index in [0.717, 1.165) is 12.1 Å². The predicted molar refractivity (Wildman–Crippen MR) is 93.2 cm³/mol. The second-order valence-corrected chi connectivity index (χ2v) is 5.78. The van der Waals surface area contributed by atoms with Crippen LogP contribution < -0.4 is 14.8 Å². The maximum Gasteiger partial charge on any atom is 0.387 e. The number of benzene rings is 2. The minimum atomic E-state index is -3.24. The molecule has 6 nitrogen and oxygen atoms in total. The molecule has 0 aliphatic rings. The molecule has 0 aromatic heterocycles. The number of aliphatic carboxylic acids is 1. The molecule has 2 N–H and O–H groups in total. The van der Waals surface area contributed by atoms with Crippen molar-refractivity contribution < 1.29 is 37.3 Å². The van der Waals surface area contributed by atoms with E-state index in [1.54, 1.807) is 24.3 Å². The lowest BCUT2D eigenvalue weighted by Gasteiger charge is -2.16. The molecule has 0 aliphatic carbocycles. The number of carboxylic acid groups (broad SMARTS) is 1. The predicted octanol–water partition coefficient (Wildman–Crippen LogP) is 3.11. The van der Waals surface area contributed by atoms with Gasteiger partial charge < -0.3 is 19.9 Å². The highest BCUT2D eigenvalue weighted by Gasteiger charge is 2.23. The summed E-state index contributed by atoms with van der Waals surface area (Å²) in [5.74, 6) is -4.00. The molecule has 1 amide bonds. The molecule has 0 heterocycles. The third-order valence-corrected chi connectivity index (χ3v) is 3.92. The van der Waals surface area contributed by atoms with Crippen LogP contribution >= 0.6 is 0 Å². The molecule has 0 spiro atoms. The van der Waals surface area contributed by atoms with Crippen molar-refractivity contribution in [1.82, 2.24) is 5.32 Å². The quantitative estimate of drug-likeness (QED) is 0.679. The molecular weight excluding hydrogens is 379 g/mol. The van der Waals surface area contributed by atoms with E-state index >= 15 is 0 Å². The number of carboxylic acids is 1. The molecule has 2 aromatic carbocycles. The zero-order valence-electron chi connectivity index (χ0n) is 14.8. The summed E-state index contributed by atoms with van der Waals surface area (Å²) in [6.07, 6.45) is 0.0729. The Bertz CT molecular complexity index is 844. The zero-order chi connectivity index (χ0) is 20.7. The topological polar surface area (TPSA) is 84.9 Å². The molecular formula is C19H18F3NO5. The normalized spacial score (nSPS) is 11.8. The number of methoxy groups -OCH3 is 1. The fraction of sp³-hybridized carbons (Fsp3) is 0.263. The van der Waals surface area contributed by atoms with Crippen LogP contribution in [0.5, 0.6) is 11.5 Å². The monoisotopic (exact) mass is 397 g/mol. The van der Waals surface area contributed by atoms with E-state index in [1.807, 2.05) is 0 Å². The Kier molecular flexibility index (Phi) is 7.25. The number of nitrogens with one attached hydrogen (secondary N) is 1. The first-order valence-electron chi connectivity index (χ1n) is 8.19. The van der Waals surface area contributed by atoms with Crippen LogP contribution in [0.1, 0.15) is 15.9 Å². The van der Waals surface area contributed by atoms with E-state index in [2.05, 4.69) is 10.1 Å². The Morgan fingerprint density at radius 3 is 2.50 bits per heavy atom. The second kappa shape index (κ2) is 9.63. The van der Waals surface area contributed by atoms with Crippen LogP contribution in [0, 0.1) is 11.7 Å². The molecule has 2 rings (SSSR count). The molecule has 0 radical (unpaired) electrons. The fourth-order valence-corrected chi connectivity index (χ4v) is 2.57. The first kappa shape index (κ1) is 21.1. The van der Waals surface area contributed by atoms with Crippen LogP contribution in [0.3, 0.4) is 0 Å². The SMILES string of the molecule is COc1ccccc1CC(CNC(=O)c1ccc(F)cc1OC(F)F)C(=O)O. The number of carbonyl (C=O) groups excluding carboxylic acids is 1. The van der Waals surface area contributed by atoms with Gasteiger partial charge in [-0.05, 0) is 30.2 Å². The van der Waals surface area contributed by atoms with E-state index in [4.69, 9.17) is 4.74 Å². The van der Waals surface area contributed by atoms with Crippen molar-refractivity contribution in [2.75, 3.05) is 13.7 Å². The third kappa shape index (κ3) is 5.63. The van der Waals surface area contributed by atoms with Crippen molar-refractivity contribution in [2.45, 2.75) is 13.0 Å². The molecule has 150 valence electrons. The largest absolute Gasteiger partial charge is 0.496 e. The lowest BCUT2D eigenvalue weighted by Crippen LogP contribution is -2.34. The molecule has 0 saturated carbocycles. The molecule has 1 atom stereocenters. The zero-order valence-corrected chi connectivity index (χ0v) is 14.8. The summed E-state index contributed by atoms with van der Waals surface area (Å²) in [5, 5.41) is 11.8. The molecule has 0 fully saturated rings. The molecule has 1 unspecified atom stereocenters. The molecule has 28 heavy (non-hydrogen) atoms. The molecule has 0 bridgehead atoms. The number of para-hydroxylation sites is 1. The summed E-state index contributed by atoms with van der Waals surface area (Å²) in [4.78, 5) is 23.8. The number of amides is 1. The third-order valence-electron chi connectivity index (χ3n) is 3.92. The fourth-order valence-electron chi connectivity index (χ4n) is 2.57. The van der Waals surface area contributed by atoms with Crippen LogP contribution in [-0.4, -0.2) is 37.2 Å². The molecule has 9 heteroatoms. The Morgan fingerprint density at radius 2 is 1.86 bits per heavy atom. The summed E-state index contributed by atoms with van der Waals surface area (Å²) in [6, 6.07) is 9.39. The second-order valence-electron chi connectivity index (χ2n) is 5.78. The van der Waals surface area contributed by atoms with Gasteiger partial charge in [0.2, 0.25) is 0 Å². The lowest BCUT2D eigenvalue weighted by atomic mass is 9.98. The van der Waals surface area contributed by atoms with Gasteiger partial charge in [0.15, 0.2) is 0 Å². The van der Waals surface area contributed by atoms with E-state index in [9.17, 15) is 27.9 Å². The van der Waals surface area contributed by atoms with Gasteiger partial charge in [0.25, 0.3) is 5.91 Å². The summed E-state index contributed by atoms with van der Waals surface area (Å²) in [5.41, 5.74) is 0.304. The van der Waals surface area contributed by atoms with Crippen LogP contribution in [0.15, 0.2) is 42.5 Å². The van der Waals surface area contributed by atoms with Gasteiger partial charge >= 0.3 is 12.6 Å². The number of alkyl halides is 2. The van der Waals surface area contributed by atoms with Crippen molar-refractivity contribution in [2.24, 2.45) is 5.92 Å². The standard InChI is InChI=1S/C19H18F3NO5/c1-27-15-5-3-2-4-11(15)8-12(18(25)26)10-23-17(24)14-7-6-13(20)9-16(14)28-19(21)22/h2-7,9,12,19H,8,10H2,1H3,(H,23,24)(H,25,26). The van der Waals surface area contributed by atoms with Crippen LogP contribution in [-0.2, 0) is 11.2 Å². The number of carbonyl (C=O) groups is 2. The van der Waals surface area contributed by atoms with E-state index < -0.39 is 36.0 Å². The maximum atomic E-state index is 13.2. The average molecular weight is 397 g/mol. The maximum absolute atomic E-state index is 13.2. The minimum absolute atomic E-state index is 0.0729.